The van der Waals surface area contributed by atoms with E-state index in [1.807, 2.05) is 13.1 Å². The predicted molar refractivity (Wildman–Crippen MR) is 66.9 cm³/mol. The summed E-state index contributed by atoms with van der Waals surface area (Å²) >= 11 is 0. The van der Waals surface area contributed by atoms with Crippen molar-refractivity contribution in [1.29, 1.82) is 0 Å². The van der Waals surface area contributed by atoms with Crippen LogP contribution in [0.2, 0.25) is 0 Å². The Balaban J connectivity index is 1.82. The van der Waals surface area contributed by atoms with Crippen LogP contribution in [-0.2, 0) is 4.74 Å². The third-order valence-corrected chi connectivity index (χ3v) is 3.04. The van der Waals surface area contributed by atoms with Crippen molar-refractivity contribution in [2.24, 2.45) is 0 Å². The number of morpholine rings is 1. The minimum absolute atomic E-state index is 0.190. The molecule has 1 aliphatic rings. The minimum Gasteiger partial charge on any atom is -0.376 e. The van der Waals surface area contributed by atoms with E-state index in [4.69, 9.17) is 4.74 Å². The molecule has 1 N–H and O–H groups in total. The van der Waals surface area contributed by atoms with Gasteiger partial charge in [0.15, 0.2) is 0 Å². The van der Waals surface area contributed by atoms with Crippen molar-refractivity contribution in [3.8, 4) is 0 Å². The lowest BCUT2D eigenvalue weighted by atomic mass is 10.2. The molecule has 0 bridgehead atoms. The molecule has 0 aromatic heterocycles. The molecule has 1 saturated heterocycles. The van der Waals surface area contributed by atoms with E-state index >= 15 is 0 Å². The maximum atomic E-state index is 13.1. The monoisotopic (exact) mass is 238 g/mol. The predicted octanol–water partition coefficient (Wildman–Crippen LogP) is 1.64. The highest BCUT2D eigenvalue weighted by molar-refractivity contribution is 5.45. The van der Waals surface area contributed by atoms with Gasteiger partial charge in [0.2, 0.25) is 0 Å². The lowest BCUT2D eigenvalue weighted by Gasteiger charge is -2.26. The fraction of sp³-hybridized carbons (Fsp3) is 0.538. The molecule has 4 heteroatoms. The van der Waals surface area contributed by atoms with Gasteiger partial charge < -0.3 is 15.0 Å². The van der Waals surface area contributed by atoms with Gasteiger partial charge in [0.05, 0.1) is 12.7 Å². The minimum atomic E-state index is -0.190. The number of benzene rings is 1. The number of hydrogen-bond acceptors (Lipinski definition) is 3. The molecule has 0 amide bonds. The molecule has 1 aromatic rings. The Labute approximate surface area is 102 Å². The molecule has 1 heterocycles. The second-order valence-corrected chi connectivity index (χ2v) is 4.39. The molecule has 2 rings (SSSR count). The van der Waals surface area contributed by atoms with Crippen LogP contribution in [0.15, 0.2) is 24.3 Å². The maximum absolute atomic E-state index is 13.1. The summed E-state index contributed by atoms with van der Waals surface area (Å²) in [6.45, 7) is 3.51. The van der Waals surface area contributed by atoms with Crippen molar-refractivity contribution >= 4 is 5.69 Å². The standard InChI is InChI=1S/C13H19FN2O/c1-16(12-4-2-3-11(14)9-12)7-5-13-10-15-6-8-17-13/h2-4,9,13,15H,5-8,10H2,1H3. The zero-order valence-electron chi connectivity index (χ0n) is 10.2. The van der Waals surface area contributed by atoms with Crippen molar-refractivity contribution < 1.29 is 9.13 Å². The molecule has 3 nitrogen and oxygen atoms in total. The average molecular weight is 238 g/mol. The second-order valence-electron chi connectivity index (χ2n) is 4.39. The molecule has 1 unspecified atom stereocenters. The smallest absolute Gasteiger partial charge is 0.125 e. The van der Waals surface area contributed by atoms with E-state index in [1.165, 1.54) is 6.07 Å². The number of nitrogens with one attached hydrogen (secondary N) is 1. The molecule has 1 aromatic carbocycles. The summed E-state index contributed by atoms with van der Waals surface area (Å²) in [7, 11) is 1.98. The zero-order valence-corrected chi connectivity index (χ0v) is 10.2. The SMILES string of the molecule is CN(CCC1CNCCO1)c1cccc(F)c1. The highest BCUT2D eigenvalue weighted by atomic mass is 19.1. The quantitative estimate of drug-likeness (QED) is 0.863. The lowest BCUT2D eigenvalue weighted by Crippen LogP contribution is -2.40. The molecule has 1 atom stereocenters. The van der Waals surface area contributed by atoms with E-state index in [1.54, 1.807) is 12.1 Å². The van der Waals surface area contributed by atoms with Crippen molar-refractivity contribution in [1.82, 2.24) is 5.32 Å². The number of halogens is 1. The van der Waals surface area contributed by atoms with Gasteiger partial charge in [-0.15, -0.1) is 0 Å². The van der Waals surface area contributed by atoms with Crippen molar-refractivity contribution in [2.45, 2.75) is 12.5 Å². The van der Waals surface area contributed by atoms with Gasteiger partial charge in [0, 0.05) is 32.4 Å². The van der Waals surface area contributed by atoms with Crippen molar-refractivity contribution in [2.75, 3.05) is 38.2 Å². The van der Waals surface area contributed by atoms with Gasteiger partial charge in [0.1, 0.15) is 5.82 Å². The van der Waals surface area contributed by atoms with Gasteiger partial charge >= 0.3 is 0 Å². The molecule has 0 saturated carbocycles. The van der Waals surface area contributed by atoms with Crippen LogP contribution < -0.4 is 10.2 Å². The summed E-state index contributed by atoms with van der Waals surface area (Å²) in [4.78, 5) is 2.06. The molecule has 1 aliphatic heterocycles. The first-order valence-electron chi connectivity index (χ1n) is 6.05. The topological polar surface area (TPSA) is 24.5 Å². The number of ether oxygens (including phenoxy) is 1. The van der Waals surface area contributed by atoms with Crippen LogP contribution in [0, 0.1) is 5.82 Å². The van der Waals surface area contributed by atoms with Gasteiger partial charge in [0.25, 0.3) is 0 Å². The summed E-state index contributed by atoms with van der Waals surface area (Å²) in [6, 6.07) is 6.67. The maximum Gasteiger partial charge on any atom is 0.125 e. The van der Waals surface area contributed by atoms with Crippen LogP contribution in [0.25, 0.3) is 0 Å². The number of hydrogen-bond donors (Lipinski definition) is 1. The first kappa shape index (κ1) is 12.3. The molecule has 0 aliphatic carbocycles. The Morgan fingerprint density at radius 2 is 2.41 bits per heavy atom. The van der Waals surface area contributed by atoms with E-state index in [9.17, 15) is 4.39 Å². The van der Waals surface area contributed by atoms with Crippen LogP contribution in [0.4, 0.5) is 10.1 Å². The molecular formula is C13H19FN2O. The third-order valence-electron chi connectivity index (χ3n) is 3.04. The largest absolute Gasteiger partial charge is 0.376 e. The number of nitrogens with zero attached hydrogens (tertiary/aromatic N) is 1. The highest BCUT2D eigenvalue weighted by Crippen LogP contribution is 2.15. The summed E-state index contributed by atoms with van der Waals surface area (Å²) < 4.78 is 18.7. The molecule has 0 radical (unpaired) electrons. The van der Waals surface area contributed by atoms with Crippen LogP contribution in [0.1, 0.15) is 6.42 Å². The fourth-order valence-electron chi connectivity index (χ4n) is 1.99. The first-order chi connectivity index (χ1) is 8.25. The molecular weight excluding hydrogens is 219 g/mol. The highest BCUT2D eigenvalue weighted by Gasteiger charge is 2.14. The lowest BCUT2D eigenvalue weighted by molar-refractivity contribution is 0.0250. The number of anilines is 1. The van der Waals surface area contributed by atoms with Gasteiger partial charge in [-0.1, -0.05) is 6.07 Å². The number of rotatable bonds is 4. The summed E-state index contributed by atoms with van der Waals surface area (Å²) in [6.07, 6.45) is 1.24. The van der Waals surface area contributed by atoms with E-state index in [0.29, 0.717) is 0 Å². The summed E-state index contributed by atoms with van der Waals surface area (Å²) in [5.74, 6) is -0.190. The van der Waals surface area contributed by atoms with E-state index in [0.717, 1.165) is 38.3 Å². The van der Waals surface area contributed by atoms with Crippen LogP contribution in [0.3, 0.4) is 0 Å². The zero-order chi connectivity index (χ0) is 12.1. The Bertz CT molecular complexity index is 353. The summed E-state index contributed by atoms with van der Waals surface area (Å²) in [5, 5.41) is 3.30. The van der Waals surface area contributed by atoms with Gasteiger partial charge in [-0.05, 0) is 24.6 Å². The molecule has 0 spiro atoms. The van der Waals surface area contributed by atoms with Gasteiger partial charge in [-0.3, -0.25) is 0 Å². The van der Waals surface area contributed by atoms with Crippen molar-refractivity contribution in [3.05, 3.63) is 30.1 Å². The molecule has 17 heavy (non-hydrogen) atoms. The second kappa shape index (κ2) is 5.98. The van der Waals surface area contributed by atoms with E-state index < -0.39 is 0 Å². The van der Waals surface area contributed by atoms with Crippen LogP contribution in [-0.4, -0.2) is 39.4 Å². The first-order valence-corrected chi connectivity index (χ1v) is 6.05. The van der Waals surface area contributed by atoms with Crippen LogP contribution >= 0.6 is 0 Å². The van der Waals surface area contributed by atoms with E-state index in [2.05, 4.69) is 10.2 Å². The Morgan fingerprint density at radius 1 is 1.53 bits per heavy atom. The van der Waals surface area contributed by atoms with Gasteiger partial charge in [-0.2, -0.15) is 0 Å². The Kier molecular flexibility index (Phi) is 4.34. The Morgan fingerprint density at radius 3 is 3.12 bits per heavy atom. The average Bonchev–Trinajstić information content (AvgIpc) is 2.37. The summed E-state index contributed by atoms with van der Waals surface area (Å²) in [5.41, 5.74) is 0.911. The van der Waals surface area contributed by atoms with Gasteiger partial charge in [-0.25, -0.2) is 4.39 Å². The molecule has 1 fully saturated rings. The normalized spacial score (nSPS) is 20.2. The molecule has 94 valence electrons. The third kappa shape index (κ3) is 3.68. The Hall–Kier alpha value is -1.13. The van der Waals surface area contributed by atoms with E-state index in [-0.39, 0.29) is 11.9 Å². The van der Waals surface area contributed by atoms with Crippen LogP contribution in [0.5, 0.6) is 0 Å². The van der Waals surface area contributed by atoms with Crippen molar-refractivity contribution in [3.63, 3.8) is 0 Å². The fourth-order valence-corrected chi connectivity index (χ4v) is 1.99.